The molecule has 0 fully saturated rings. The molecule has 1 N–H and O–H groups in total. The molecule has 4 aromatic rings. The van der Waals surface area contributed by atoms with Gasteiger partial charge < -0.3 is 10.1 Å². The number of amides is 1. The Morgan fingerprint density at radius 2 is 2.03 bits per heavy atom. The number of hydrogen-bond donors (Lipinski definition) is 1. The van der Waals surface area contributed by atoms with E-state index in [-0.39, 0.29) is 17.8 Å². The molecular weight excluding hydrogens is 549 g/mol. The summed E-state index contributed by atoms with van der Waals surface area (Å²) < 4.78 is 7.99. The average Bonchev–Trinajstić information content (AvgIpc) is 3.50. The van der Waals surface area contributed by atoms with Crippen LogP contribution < -0.4 is 10.1 Å². The highest BCUT2D eigenvalue weighted by Crippen LogP contribution is 2.32. The molecule has 192 valence electrons. The second-order valence-electron chi connectivity index (χ2n) is 8.00. The van der Waals surface area contributed by atoms with Gasteiger partial charge in [-0.1, -0.05) is 60.1 Å². The highest BCUT2D eigenvalue weighted by molar-refractivity contribution is 7.99. The monoisotopic (exact) mass is 573 g/mol. The summed E-state index contributed by atoms with van der Waals surface area (Å²) in [5.74, 6) is 1.35. The minimum Gasteiger partial charge on any atom is -0.483 e. The van der Waals surface area contributed by atoms with Crippen molar-refractivity contribution in [1.82, 2.24) is 19.7 Å². The molecule has 2 aromatic carbocycles. The fraction of sp³-hybridized carbons (Fsp3) is 0.231. The van der Waals surface area contributed by atoms with Gasteiger partial charge in [0, 0.05) is 22.5 Å². The molecule has 0 spiro atoms. The third-order valence-corrected chi connectivity index (χ3v) is 7.63. The van der Waals surface area contributed by atoms with E-state index in [2.05, 4.69) is 34.0 Å². The third kappa shape index (κ3) is 6.93. The first-order valence-electron chi connectivity index (χ1n) is 11.5. The zero-order valence-electron chi connectivity index (χ0n) is 20.3. The number of aromatic nitrogens is 4. The summed E-state index contributed by atoms with van der Waals surface area (Å²) >= 11 is 14.9. The van der Waals surface area contributed by atoms with Gasteiger partial charge in [0.15, 0.2) is 22.2 Å². The van der Waals surface area contributed by atoms with Crippen molar-refractivity contribution in [2.24, 2.45) is 0 Å². The van der Waals surface area contributed by atoms with Crippen molar-refractivity contribution < 1.29 is 9.53 Å². The molecule has 0 bridgehead atoms. The molecule has 1 unspecified atom stereocenters. The lowest BCUT2D eigenvalue weighted by molar-refractivity contribution is -0.113. The van der Waals surface area contributed by atoms with Crippen molar-refractivity contribution in [2.45, 2.75) is 38.1 Å². The topological polar surface area (TPSA) is 81.9 Å². The first kappa shape index (κ1) is 27.2. The lowest BCUT2D eigenvalue weighted by Gasteiger charge is -2.16. The lowest BCUT2D eigenvalue weighted by atomic mass is 10.2. The molecule has 0 aliphatic carbocycles. The van der Waals surface area contributed by atoms with E-state index in [9.17, 15) is 4.79 Å². The van der Waals surface area contributed by atoms with Crippen molar-refractivity contribution in [2.75, 3.05) is 11.1 Å². The van der Waals surface area contributed by atoms with Gasteiger partial charge in [-0.15, -0.1) is 28.1 Å². The van der Waals surface area contributed by atoms with Crippen LogP contribution in [-0.4, -0.2) is 31.4 Å². The number of thiazole rings is 1. The van der Waals surface area contributed by atoms with E-state index in [0.29, 0.717) is 38.4 Å². The summed E-state index contributed by atoms with van der Waals surface area (Å²) in [5.41, 5.74) is 2.66. The molecule has 0 saturated heterocycles. The molecule has 2 heterocycles. The molecule has 11 heteroatoms. The summed E-state index contributed by atoms with van der Waals surface area (Å²) in [7, 11) is 0. The van der Waals surface area contributed by atoms with Gasteiger partial charge in [-0.05, 0) is 49.2 Å². The van der Waals surface area contributed by atoms with Crippen LogP contribution in [0.3, 0.4) is 0 Å². The van der Waals surface area contributed by atoms with Crippen molar-refractivity contribution in [3.8, 4) is 17.0 Å². The zero-order valence-corrected chi connectivity index (χ0v) is 23.4. The Morgan fingerprint density at radius 1 is 1.24 bits per heavy atom. The molecule has 4 rings (SSSR count). The molecule has 37 heavy (non-hydrogen) atoms. The fourth-order valence-electron chi connectivity index (χ4n) is 3.51. The van der Waals surface area contributed by atoms with Crippen LogP contribution in [-0.2, 0) is 17.8 Å². The highest BCUT2D eigenvalue weighted by atomic mass is 35.5. The fourth-order valence-corrected chi connectivity index (χ4v) is 5.49. The number of nitrogens with one attached hydrogen (secondary N) is 1. The predicted molar refractivity (Wildman–Crippen MR) is 152 cm³/mol. The maximum absolute atomic E-state index is 12.6. The van der Waals surface area contributed by atoms with Crippen LogP contribution in [0.1, 0.15) is 31.3 Å². The number of halogens is 2. The van der Waals surface area contributed by atoms with E-state index in [1.165, 1.54) is 28.7 Å². The van der Waals surface area contributed by atoms with Gasteiger partial charge in [0.25, 0.3) is 0 Å². The highest BCUT2D eigenvalue weighted by Gasteiger charge is 2.20. The van der Waals surface area contributed by atoms with Crippen LogP contribution in [0.2, 0.25) is 10.0 Å². The van der Waals surface area contributed by atoms with Gasteiger partial charge in [-0.2, -0.15) is 0 Å². The SMILES string of the molecule is C=CCn1c(SCC(=O)Nc2nc(-c3ccc(Cl)cc3Cl)cs2)nnc1C(C)Oc1ccc(CC)cc1. The Labute approximate surface area is 233 Å². The number of rotatable bonds is 11. The molecule has 2 aromatic heterocycles. The third-order valence-electron chi connectivity index (χ3n) is 5.36. The van der Waals surface area contributed by atoms with Crippen LogP contribution in [0, 0.1) is 0 Å². The number of carbonyl (C=O) groups excluding carboxylic acids is 1. The zero-order chi connectivity index (χ0) is 26.4. The largest absolute Gasteiger partial charge is 0.483 e. The molecule has 0 aliphatic rings. The number of anilines is 1. The number of nitrogens with zero attached hydrogens (tertiary/aromatic N) is 4. The number of benzene rings is 2. The number of thioether (sulfide) groups is 1. The second kappa shape index (κ2) is 12.6. The van der Waals surface area contributed by atoms with E-state index in [1.807, 2.05) is 41.1 Å². The van der Waals surface area contributed by atoms with Crippen LogP contribution in [0.5, 0.6) is 5.75 Å². The van der Waals surface area contributed by atoms with Crippen molar-refractivity contribution in [3.63, 3.8) is 0 Å². The van der Waals surface area contributed by atoms with Crippen molar-refractivity contribution in [1.29, 1.82) is 0 Å². The van der Waals surface area contributed by atoms with Crippen LogP contribution in [0.15, 0.2) is 65.7 Å². The molecule has 1 amide bonds. The van der Waals surface area contributed by atoms with Gasteiger partial charge in [-0.25, -0.2) is 4.98 Å². The van der Waals surface area contributed by atoms with Crippen LogP contribution >= 0.6 is 46.3 Å². The quantitative estimate of drug-likeness (QED) is 0.149. The lowest BCUT2D eigenvalue weighted by Crippen LogP contribution is -2.15. The van der Waals surface area contributed by atoms with Crippen LogP contribution in [0.4, 0.5) is 5.13 Å². The average molecular weight is 575 g/mol. The molecule has 0 radical (unpaired) electrons. The van der Waals surface area contributed by atoms with Gasteiger partial charge in [0.1, 0.15) is 5.75 Å². The second-order valence-corrected chi connectivity index (χ2v) is 10.6. The Bertz CT molecular complexity index is 1390. The molecule has 0 saturated carbocycles. The maximum atomic E-state index is 12.6. The minimum atomic E-state index is -0.337. The number of allylic oxidation sites excluding steroid dienone is 1. The summed E-state index contributed by atoms with van der Waals surface area (Å²) in [5, 5.41) is 15.4. The van der Waals surface area contributed by atoms with E-state index in [4.69, 9.17) is 27.9 Å². The van der Waals surface area contributed by atoms with Gasteiger partial charge in [0.2, 0.25) is 5.91 Å². The molecule has 0 aliphatic heterocycles. The first-order chi connectivity index (χ1) is 17.9. The summed E-state index contributed by atoms with van der Waals surface area (Å²) in [6, 6.07) is 13.2. The Kier molecular flexibility index (Phi) is 9.26. The first-order valence-corrected chi connectivity index (χ1v) is 14.1. The van der Waals surface area contributed by atoms with Crippen LogP contribution in [0.25, 0.3) is 11.3 Å². The standard InChI is InChI=1S/C26H25Cl2N5O2S2/c1-4-12-33-24(16(3)35-19-9-6-17(5-2)7-10-19)31-32-26(33)37-15-23(34)30-25-29-22(14-36-25)20-11-8-18(27)13-21(20)28/h4,6-11,13-14,16H,1,5,12,15H2,2-3H3,(H,29,30,34). The van der Waals surface area contributed by atoms with Gasteiger partial charge in [-0.3, -0.25) is 9.36 Å². The van der Waals surface area contributed by atoms with Crippen molar-refractivity contribution >= 4 is 57.3 Å². The molecule has 7 nitrogen and oxygen atoms in total. The Balaban J connectivity index is 1.38. The Morgan fingerprint density at radius 3 is 2.73 bits per heavy atom. The van der Waals surface area contributed by atoms with E-state index in [0.717, 1.165) is 17.7 Å². The Hall–Kier alpha value is -2.85. The number of ether oxygens (including phenoxy) is 1. The summed E-state index contributed by atoms with van der Waals surface area (Å²) in [6.45, 7) is 8.37. The van der Waals surface area contributed by atoms with Crippen molar-refractivity contribution in [3.05, 3.63) is 81.9 Å². The summed E-state index contributed by atoms with van der Waals surface area (Å²) in [4.78, 5) is 17.1. The molecule has 1 atom stereocenters. The number of hydrogen-bond acceptors (Lipinski definition) is 7. The molecular formula is C26H25Cl2N5O2S2. The van der Waals surface area contributed by atoms with Gasteiger partial charge in [0.05, 0.1) is 16.5 Å². The van der Waals surface area contributed by atoms with E-state index in [1.54, 1.807) is 24.3 Å². The van der Waals surface area contributed by atoms with Gasteiger partial charge >= 0.3 is 0 Å². The maximum Gasteiger partial charge on any atom is 0.236 e. The summed E-state index contributed by atoms with van der Waals surface area (Å²) in [6.07, 6.45) is 2.40. The number of aryl methyl sites for hydroxylation is 1. The van der Waals surface area contributed by atoms with E-state index >= 15 is 0 Å². The minimum absolute atomic E-state index is 0.139. The normalized spacial score (nSPS) is 11.8. The van der Waals surface area contributed by atoms with E-state index < -0.39 is 0 Å². The number of carbonyl (C=O) groups is 1. The smallest absolute Gasteiger partial charge is 0.236 e. The predicted octanol–water partition coefficient (Wildman–Crippen LogP) is 7.33.